The van der Waals surface area contributed by atoms with Crippen molar-refractivity contribution < 1.29 is 13.5 Å². The molecule has 0 amide bonds. The van der Waals surface area contributed by atoms with Crippen LogP contribution in [0.2, 0.25) is 0 Å². The van der Waals surface area contributed by atoms with Gasteiger partial charge in [-0.2, -0.15) is 8.78 Å². The van der Waals surface area contributed by atoms with Crippen LogP contribution >= 0.6 is 15.9 Å². The third-order valence-electron chi connectivity index (χ3n) is 1.27. The molecule has 0 fully saturated rings. The van der Waals surface area contributed by atoms with Gasteiger partial charge in [0.2, 0.25) is 0 Å². The molecule has 1 nitrogen and oxygen atoms in total. The summed E-state index contributed by atoms with van der Waals surface area (Å²) in [5.41, 5.74) is 0. The topological polar surface area (TPSA) is 9.23 Å². The number of alkyl halides is 2. The Morgan fingerprint density at radius 1 is 1.36 bits per heavy atom. The zero-order valence-electron chi connectivity index (χ0n) is 5.69. The second-order valence-corrected chi connectivity index (χ2v) is 2.93. The summed E-state index contributed by atoms with van der Waals surface area (Å²) in [6.45, 7) is -2.74. The summed E-state index contributed by atoms with van der Waals surface area (Å²) < 4.78 is 28.2. The normalized spacial score (nSPS) is 17.8. The fourth-order valence-corrected chi connectivity index (χ4v) is 1.31. The Hall–Kier alpha value is -0.380. The van der Waals surface area contributed by atoms with Crippen molar-refractivity contribution in [3.63, 3.8) is 0 Å². The maximum Gasteiger partial charge on any atom is 0.387 e. The van der Waals surface area contributed by atoms with E-state index in [1.165, 1.54) is 0 Å². The number of ether oxygens (including phenoxy) is 1. The quantitative estimate of drug-likeness (QED) is 0.701. The predicted molar refractivity (Wildman–Crippen MR) is 41.4 cm³/mol. The van der Waals surface area contributed by atoms with E-state index in [-0.39, 0.29) is 5.76 Å². The van der Waals surface area contributed by atoms with Crippen LogP contribution in [-0.4, -0.2) is 6.61 Å². The Morgan fingerprint density at radius 2 is 2.00 bits per heavy atom. The van der Waals surface area contributed by atoms with Crippen molar-refractivity contribution in [2.75, 3.05) is 0 Å². The fourth-order valence-electron chi connectivity index (χ4n) is 0.823. The summed E-state index contributed by atoms with van der Waals surface area (Å²) in [5.74, 6) is 0.242. The first-order valence-corrected chi connectivity index (χ1v) is 4.00. The van der Waals surface area contributed by atoms with E-state index < -0.39 is 6.61 Å². The minimum atomic E-state index is -2.74. The zero-order chi connectivity index (χ0) is 8.27. The summed E-state index contributed by atoms with van der Waals surface area (Å²) in [4.78, 5) is 0. The van der Waals surface area contributed by atoms with Crippen molar-refractivity contribution >= 4 is 15.9 Å². The first kappa shape index (κ1) is 8.71. The molecule has 0 aromatic heterocycles. The Kier molecular flexibility index (Phi) is 3.05. The average Bonchev–Trinajstić information content (AvgIpc) is 1.93. The fraction of sp³-hybridized carbons (Fsp3) is 0.429. The minimum absolute atomic E-state index is 0.242. The van der Waals surface area contributed by atoms with E-state index in [0.29, 0.717) is 4.48 Å². The van der Waals surface area contributed by atoms with E-state index in [1.54, 1.807) is 6.08 Å². The minimum Gasteiger partial charge on any atom is -0.434 e. The van der Waals surface area contributed by atoms with Gasteiger partial charge in [0.15, 0.2) is 0 Å². The number of rotatable bonds is 2. The van der Waals surface area contributed by atoms with Crippen molar-refractivity contribution in [3.8, 4) is 0 Å². The van der Waals surface area contributed by atoms with Crippen LogP contribution in [0, 0.1) is 0 Å². The molecule has 4 heteroatoms. The van der Waals surface area contributed by atoms with Crippen LogP contribution in [-0.2, 0) is 4.74 Å². The van der Waals surface area contributed by atoms with Crippen molar-refractivity contribution in [1.29, 1.82) is 0 Å². The molecule has 11 heavy (non-hydrogen) atoms. The molecule has 0 N–H and O–H groups in total. The third kappa shape index (κ3) is 2.61. The van der Waals surface area contributed by atoms with Gasteiger partial charge < -0.3 is 4.74 Å². The lowest BCUT2D eigenvalue weighted by Gasteiger charge is -2.11. The molecule has 1 rings (SSSR count). The van der Waals surface area contributed by atoms with Crippen LogP contribution in [0.1, 0.15) is 12.8 Å². The summed E-state index contributed by atoms with van der Waals surface area (Å²) in [6, 6.07) is 0. The Morgan fingerprint density at radius 3 is 2.55 bits per heavy atom. The van der Waals surface area contributed by atoms with Gasteiger partial charge in [0.25, 0.3) is 0 Å². The molecule has 0 radical (unpaired) electrons. The first-order chi connectivity index (χ1) is 5.20. The van der Waals surface area contributed by atoms with Crippen LogP contribution in [0.25, 0.3) is 0 Å². The predicted octanol–water partition coefficient (Wildman–Crippen LogP) is 3.18. The maximum absolute atomic E-state index is 11.7. The van der Waals surface area contributed by atoms with Gasteiger partial charge in [-0.1, -0.05) is 6.08 Å². The van der Waals surface area contributed by atoms with Crippen LogP contribution in [0.3, 0.4) is 0 Å². The second-order valence-electron chi connectivity index (χ2n) is 2.08. The maximum atomic E-state index is 11.7. The molecule has 0 aromatic rings. The first-order valence-electron chi connectivity index (χ1n) is 3.21. The van der Waals surface area contributed by atoms with E-state index in [1.807, 2.05) is 6.08 Å². The van der Waals surface area contributed by atoms with Crippen LogP contribution < -0.4 is 0 Å². The van der Waals surface area contributed by atoms with E-state index in [2.05, 4.69) is 20.7 Å². The average molecular weight is 225 g/mol. The molecule has 62 valence electrons. The Labute approximate surface area is 71.9 Å². The lowest BCUT2D eigenvalue weighted by Crippen LogP contribution is -2.01. The number of allylic oxidation sites excluding steroid dienone is 3. The van der Waals surface area contributed by atoms with Gasteiger partial charge in [0, 0.05) is 0 Å². The summed E-state index contributed by atoms with van der Waals surface area (Å²) in [5, 5.41) is 0. The van der Waals surface area contributed by atoms with Crippen molar-refractivity contribution in [2.24, 2.45) is 0 Å². The molecular weight excluding hydrogens is 218 g/mol. The lowest BCUT2D eigenvalue weighted by molar-refractivity contribution is -0.0928. The highest BCUT2D eigenvalue weighted by Crippen LogP contribution is 2.26. The smallest absolute Gasteiger partial charge is 0.387 e. The molecule has 1 aliphatic carbocycles. The van der Waals surface area contributed by atoms with Gasteiger partial charge in [0.1, 0.15) is 5.76 Å². The van der Waals surface area contributed by atoms with Crippen molar-refractivity contribution in [3.05, 3.63) is 22.4 Å². The van der Waals surface area contributed by atoms with E-state index in [9.17, 15) is 8.78 Å². The summed E-state index contributed by atoms with van der Waals surface area (Å²) in [6.07, 6.45) is 5.10. The van der Waals surface area contributed by atoms with Crippen LogP contribution in [0.5, 0.6) is 0 Å². The highest BCUT2D eigenvalue weighted by atomic mass is 79.9. The summed E-state index contributed by atoms with van der Waals surface area (Å²) >= 11 is 3.12. The molecule has 0 saturated carbocycles. The monoisotopic (exact) mass is 224 g/mol. The molecule has 0 saturated heterocycles. The van der Waals surface area contributed by atoms with Gasteiger partial charge in [-0.3, -0.25) is 0 Å². The van der Waals surface area contributed by atoms with Crippen molar-refractivity contribution in [2.45, 2.75) is 19.5 Å². The molecule has 0 atom stereocenters. The largest absolute Gasteiger partial charge is 0.434 e. The van der Waals surface area contributed by atoms with Gasteiger partial charge >= 0.3 is 6.61 Å². The van der Waals surface area contributed by atoms with Crippen molar-refractivity contribution in [1.82, 2.24) is 0 Å². The molecule has 0 aromatic carbocycles. The van der Waals surface area contributed by atoms with E-state index in [4.69, 9.17) is 0 Å². The highest BCUT2D eigenvalue weighted by molar-refractivity contribution is 9.11. The molecule has 0 bridgehead atoms. The van der Waals surface area contributed by atoms with Gasteiger partial charge in [-0.15, -0.1) is 0 Å². The molecule has 0 spiro atoms. The van der Waals surface area contributed by atoms with E-state index >= 15 is 0 Å². The number of hydrogen-bond acceptors (Lipinski definition) is 1. The third-order valence-corrected chi connectivity index (χ3v) is 1.99. The highest BCUT2D eigenvalue weighted by Gasteiger charge is 2.11. The SMILES string of the molecule is FC(F)OC1=CCCC=C1Br. The molecule has 0 unspecified atom stereocenters. The Balaban J connectivity index is 2.56. The molecule has 0 heterocycles. The standard InChI is InChI=1S/C7H7BrF2O/c8-5-3-1-2-4-6(5)11-7(9)10/h3-4,7H,1-2H2. The molecule has 1 aliphatic rings. The van der Waals surface area contributed by atoms with Gasteiger partial charge in [-0.25, -0.2) is 0 Å². The number of hydrogen-bond donors (Lipinski definition) is 0. The summed E-state index contributed by atoms with van der Waals surface area (Å²) in [7, 11) is 0. The molecular formula is C7H7BrF2O. The van der Waals surface area contributed by atoms with E-state index in [0.717, 1.165) is 12.8 Å². The molecule has 0 aliphatic heterocycles. The van der Waals surface area contributed by atoms with Crippen LogP contribution in [0.15, 0.2) is 22.4 Å². The second kappa shape index (κ2) is 3.85. The zero-order valence-corrected chi connectivity index (χ0v) is 7.27. The number of halogens is 3. The van der Waals surface area contributed by atoms with Crippen LogP contribution in [0.4, 0.5) is 8.78 Å². The van der Waals surface area contributed by atoms with Gasteiger partial charge in [0.05, 0.1) is 4.48 Å². The van der Waals surface area contributed by atoms with Gasteiger partial charge in [-0.05, 0) is 34.8 Å². The Bertz CT molecular complexity index is 199. The lowest BCUT2D eigenvalue weighted by atomic mass is 10.2.